The lowest BCUT2D eigenvalue weighted by molar-refractivity contribution is -0.376. The van der Waals surface area contributed by atoms with Crippen LogP contribution >= 0.6 is 0 Å². The number of nitrogens with zero attached hydrogens (tertiary/aromatic N) is 2. The molecule has 2 N–H and O–H groups in total. The van der Waals surface area contributed by atoms with Gasteiger partial charge < -0.3 is 15.2 Å². The van der Waals surface area contributed by atoms with E-state index in [0.717, 1.165) is 10.5 Å². The third-order valence-electron chi connectivity index (χ3n) is 8.45. The maximum Gasteiger partial charge on any atom is 0.430 e. The highest BCUT2D eigenvalue weighted by Crippen LogP contribution is 2.51. The highest BCUT2D eigenvalue weighted by atomic mass is 19.4. The first-order chi connectivity index (χ1) is 22.2. The summed E-state index contributed by atoms with van der Waals surface area (Å²) < 4.78 is 88.7. The topological polar surface area (TPSA) is 91.8 Å². The van der Waals surface area contributed by atoms with Crippen molar-refractivity contribution in [2.24, 2.45) is 0 Å². The van der Waals surface area contributed by atoms with Crippen LogP contribution in [0.3, 0.4) is 0 Å². The quantitative estimate of drug-likeness (QED) is 0.166. The predicted molar refractivity (Wildman–Crippen MR) is 166 cm³/mol. The van der Waals surface area contributed by atoms with Crippen LogP contribution in [0.4, 0.5) is 31.1 Å². The Balaban J connectivity index is 1.66. The Kier molecular flexibility index (Phi) is 9.98. The molecule has 1 fully saturated rings. The van der Waals surface area contributed by atoms with Crippen LogP contribution in [0, 0.1) is 0 Å². The van der Waals surface area contributed by atoms with Crippen molar-refractivity contribution in [3.05, 3.63) is 88.2 Å². The van der Waals surface area contributed by atoms with Gasteiger partial charge in [-0.05, 0) is 65.6 Å². The van der Waals surface area contributed by atoms with Crippen LogP contribution in [0.1, 0.15) is 87.9 Å². The van der Waals surface area contributed by atoms with Gasteiger partial charge in [-0.25, -0.2) is 4.79 Å². The number of carbonyl (C=O) groups excluding carboxylic acids is 2. The van der Waals surface area contributed by atoms with Gasteiger partial charge in [0.2, 0.25) is 0 Å². The molecule has 48 heavy (non-hydrogen) atoms. The molecule has 2 aromatic carbocycles. The Morgan fingerprint density at radius 2 is 1.40 bits per heavy atom. The van der Waals surface area contributed by atoms with Crippen molar-refractivity contribution in [2.45, 2.75) is 103 Å². The number of nitrogens with one attached hydrogen (secondary N) is 1. The standard InChI is InChI=1S/C35H39F6N3O4/c1-7-9-21-17-25(33(47,34(36,37)38)35(39,40)41)18-22(10-8-2)28(21)48-27-15-16-42-26(19-27)20-44-29(45)32(6,43-30(44)46)24-13-11-23(12-14-24)31(3,4)5/h11-19,47H,7-10,20H2,1-6H3,(H,43,46). The first-order valence-corrected chi connectivity index (χ1v) is 15.6. The number of carbonyl (C=O) groups is 2. The van der Waals surface area contributed by atoms with Gasteiger partial charge in [-0.2, -0.15) is 26.3 Å². The molecule has 1 aliphatic rings. The predicted octanol–water partition coefficient (Wildman–Crippen LogP) is 8.36. The summed E-state index contributed by atoms with van der Waals surface area (Å²) in [5, 5.41) is 12.9. The molecular formula is C35H39F6N3O4. The Morgan fingerprint density at radius 3 is 1.88 bits per heavy atom. The number of halogens is 6. The number of hydrogen-bond acceptors (Lipinski definition) is 5. The number of rotatable bonds is 10. The second-order valence-corrected chi connectivity index (χ2v) is 13.2. The third-order valence-corrected chi connectivity index (χ3v) is 8.45. The molecule has 2 heterocycles. The fraction of sp³-hybridized carbons (Fsp3) is 0.457. The molecule has 0 spiro atoms. The van der Waals surface area contributed by atoms with Crippen LogP contribution in [-0.4, -0.2) is 39.3 Å². The van der Waals surface area contributed by atoms with E-state index < -0.39 is 41.0 Å². The van der Waals surface area contributed by atoms with Crippen molar-refractivity contribution in [3.63, 3.8) is 0 Å². The van der Waals surface area contributed by atoms with Crippen molar-refractivity contribution in [3.8, 4) is 11.5 Å². The highest BCUT2D eigenvalue weighted by Gasteiger charge is 2.71. The van der Waals surface area contributed by atoms with E-state index in [2.05, 4.69) is 31.1 Å². The first kappa shape index (κ1) is 36.7. The maximum atomic E-state index is 13.8. The van der Waals surface area contributed by atoms with Crippen LogP contribution in [0.5, 0.6) is 11.5 Å². The maximum absolute atomic E-state index is 13.8. The average Bonchev–Trinajstić information content (AvgIpc) is 3.20. The molecule has 0 saturated carbocycles. The smallest absolute Gasteiger partial charge is 0.430 e. The van der Waals surface area contributed by atoms with Gasteiger partial charge in [0, 0.05) is 17.8 Å². The summed E-state index contributed by atoms with van der Waals surface area (Å²) in [5.74, 6) is -0.304. The van der Waals surface area contributed by atoms with E-state index >= 15 is 0 Å². The molecule has 0 aliphatic carbocycles. The summed E-state index contributed by atoms with van der Waals surface area (Å²) in [6.45, 7) is 11.0. The Labute approximate surface area is 275 Å². The largest absolute Gasteiger partial charge is 0.457 e. The minimum atomic E-state index is -6.04. The summed E-state index contributed by atoms with van der Waals surface area (Å²) in [6, 6.07) is 11.0. The summed E-state index contributed by atoms with van der Waals surface area (Å²) in [7, 11) is 0. The van der Waals surface area contributed by atoms with E-state index in [-0.39, 0.29) is 53.1 Å². The van der Waals surface area contributed by atoms with E-state index in [9.17, 15) is 41.0 Å². The zero-order valence-electron chi connectivity index (χ0n) is 27.6. The van der Waals surface area contributed by atoms with Crippen molar-refractivity contribution in [2.75, 3.05) is 0 Å². The summed E-state index contributed by atoms with van der Waals surface area (Å²) in [4.78, 5) is 31.9. The lowest BCUT2D eigenvalue weighted by atomic mass is 9.84. The summed E-state index contributed by atoms with van der Waals surface area (Å²) in [6.07, 6.45) is -9.89. The molecule has 3 aromatic rings. The number of amides is 3. The third kappa shape index (κ3) is 6.87. The van der Waals surface area contributed by atoms with Crippen molar-refractivity contribution >= 4 is 11.9 Å². The van der Waals surface area contributed by atoms with E-state index in [1.165, 1.54) is 18.3 Å². The Hall–Kier alpha value is -4.13. The number of ether oxygens (including phenoxy) is 1. The monoisotopic (exact) mass is 679 g/mol. The molecule has 260 valence electrons. The second-order valence-electron chi connectivity index (χ2n) is 13.2. The van der Waals surface area contributed by atoms with Gasteiger partial charge in [-0.1, -0.05) is 71.7 Å². The Morgan fingerprint density at radius 1 is 0.854 bits per heavy atom. The first-order valence-electron chi connectivity index (χ1n) is 15.6. The second kappa shape index (κ2) is 13.1. The molecule has 1 aromatic heterocycles. The number of benzene rings is 2. The van der Waals surface area contributed by atoms with Gasteiger partial charge in [0.25, 0.3) is 11.5 Å². The number of aromatic nitrogens is 1. The van der Waals surface area contributed by atoms with Gasteiger partial charge in [-0.15, -0.1) is 0 Å². The lowest BCUT2D eigenvalue weighted by Crippen LogP contribution is -2.54. The summed E-state index contributed by atoms with van der Waals surface area (Å²) >= 11 is 0. The van der Waals surface area contributed by atoms with Gasteiger partial charge in [0.1, 0.15) is 17.0 Å². The SMILES string of the molecule is CCCc1cc(C(O)(C(F)(F)F)C(F)(F)F)cc(CCC)c1Oc1ccnc(CN2C(=O)NC(C)(c3ccc(C(C)(C)C)cc3)C2=O)c1. The van der Waals surface area contributed by atoms with Crippen LogP contribution in [0.2, 0.25) is 0 Å². The van der Waals surface area contributed by atoms with Crippen LogP contribution < -0.4 is 10.1 Å². The molecule has 4 rings (SSSR count). The molecule has 1 unspecified atom stereocenters. The van der Waals surface area contributed by atoms with Crippen molar-refractivity contribution < 1.29 is 45.8 Å². The normalized spacial score (nSPS) is 17.6. The van der Waals surface area contributed by atoms with Gasteiger partial charge in [0.05, 0.1) is 12.2 Å². The zero-order valence-corrected chi connectivity index (χ0v) is 27.6. The number of imide groups is 1. The molecular weight excluding hydrogens is 640 g/mol. The minimum absolute atomic E-state index is 0.0473. The number of alkyl halides is 6. The number of pyridine rings is 1. The van der Waals surface area contributed by atoms with E-state index in [1.54, 1.807) is 32.9 Å². The average molecular weight is 680 g/mol. The van der Waals surface area contributed by atoms with Gasteiger partial charge >= 0.3 is 18.4 Å². The van der Waals surface area contributed by atoms with Crippen molar-refractivity contribution in [1.82, 2.24) is 15.2 Å². The van der Waals surface area contributed by atoms with E-state index in [4.69, 9.17) is 4.74 Å². The van der Waals surface area contributed by atoms with Crippen LogP contribution in [-0.2, 0) is 40.7 Å². The fourth-order valence-electron chi connectivity index (χ4n) is 5.72. The molecule has 13 heteroatoms. The van der Waals surface area contributed by atoms with Crippen LogP contribution in [0.15, 0.2) is 54.7 Å². The summed E-state index contributed by atoms with van der Waals surface area (Å²) in [5.41, 5.74) is -5.87. The molecule has 1 atom stereocenters. The van der Waals surface area contributed by atoms with Gasteiger partial charge in [-0.3, -0.25) is 14.7 Å². The molecule has 1 saturated heterocycles. The van der Waals surface area contributed by atoms with Crippen LogP contribution in [0.25, 0.3) is 0 Å². The number of urea groups is 1. The van der Waals surface area contributed by atoms with Gasteiger partial charge in [0.15, 0.2) is 0 Å². The molecule has 7 nitrogen and oxygen atoms in total. The zero-order chi connectivity index (χ0) is 35.9. The Bertz CT molecular complexity index is 1620. The van der Waals surface area contributed by atoms with E-state index in [0.29, 0.717) is 30.5 Å². The fourth-order valence-corrected chi connectivity index (χ4v) is 5.72. The minimum Gasteiger partial charge on any atom is -0.457 e. The molecule has 1 aliphatic heterocycles. The molecule has 0 bridgehead atoms. The van der Waals surface area contributed by atoms with E-state index in [1.807, 2.05) is 12.1 Å². The molecule has 0 radical (unpaired) electrons. The highest BCUT2D eigenvalue weighted by molar-refractivity contribution is 6.07. The molecule has 3 amide bonds. The van der Waals surface area contributed by atoms with Crippen molar-refractivity contribution in [1.29, 1.82) is 0 Å². The lowest BCUT2D eigenvalue weighted by Gasteiger charge is -2.33. The number of aryl methyl sites for hydroxylation is 2. The number of aliphatic hydroxyl groups is 1. The number of hydrogen-bond donors (Lipinski definition) is 2.